The van der Waals surface area contributed by atoms with Crippen LogP contribution in [0.15, 0.2) is 6.07 Å². The standard InChI is InChI=1S/C9H14N2O.2ClH/c1-5-3-8(11)6(2)7(4-10)9(5)12;;/h3,12H,4,10-11H2,1-2H3;2*1H. The van der Waals surface area contributed by atoms with Gasteiger partial charge in [0.15, 0.2) is 0 Å². The van der Waals surface area contributed by atoms with Gasteiger partial charge in [0.2, 0.25) is 0 Å². The molecule has 0 radical (unpaired) electrons. The van der Waals surface area contributed by atoms with Crippen LogP contribution < -0.4 is 11.5 Å². The molecule has 0 aliphatic carbocycles. The van der Waals surface area contributed by atoms with Gasteiger partial charge in [0.05, 0.1) is 0 Å². The minimum atomic E-state index is 0. The zero-order chi connectivity index (χ0) is 9.30. The van der Waals surface area contributed by atoms with Gasteiger partial charge in [0, 0.05) is 17.8 Å². The van der Waals surface area contributed by atoms with Gasteiger partial charge in [-0.05, 0) is 31.0 Å². The van der Waals surface area contributed by atoms with E-state index < -0.39 is 0 Å². The van der Waals surface area contributed by atoms with Gasteiger partial charge in [-0.3, -0.25) is 0 Å². The number of phenols is 1. The second-order valence-electron chi connectivity index (χ2n) is 2.94. The quantitative estimate of drug-likeness (QED) is 0.517. The zero-order valence-corrected chi connectivity index (χ0v) is 9.84. The molecular formula is C9H16Cl2N2O. The van der Waals surface area contributed by atoms with Crippen molar-refractivity contribution in [3.05, 3.63) is 22.8 Å². The molecule has 0 spiro atoms. The van der Waals surface area contributed by atoms with Crippen molar-refractivity contribution in [3.63, 3.8) is 0 Å². The smallest absolute Gasteiger partial charge is 0.123 e. The average Bonchev–Trinajstić information content (AvgIpc) is 2.02. The van der Waals surface area contributed by atoms with Gasteiger partial charge in [-0.1, -0.05) is 0 Å². The lowest BCUT2D eigenvalue weighted by molar-refractivity contribution is 0.463. The van der Waals surface area contributed by atoms with Crippen LogP contribution in [-0.2, 0) is 6.54 Å². The average molecular weight is 239 g/mol. The van der Waals surface area contributed by atoms with E-state index in [1.807, 2.05) is 13.8 Å². The Morgan fingerprint density at radius 1 is 1.29 bits per heavy atom. The Morgan fingerprint density at radius 2 is 1.79 bits per heavy atom. The fraction of sp³-hybridized carbons (Fsp3) is 0.333. The third-order valence-corrected chi connectivity index (χ3v) is 2.12. The molecule has 0 aliphatic rings. The Balaban J connectivity index is 0. The zero-order valence-electron chi connectivity index (χ0n) is 8.20. The monoisotopic (exact) mass is 238 g/mol. The molecule has 0 atom stereocenters. The second kappa shape index (κ2) is 5.96. The number of aryl methyl sites for hydroxylation is 1. The molecule has 0 unspecified atom stereocenters. The summed E-state index contributed by atoms with van der Waals surface area (Å²) in [5.41, 5.74) is 14.3. The minimum Gasteiger partial charge on any atom is -0.507 e. The topological polar surface area (TPSA) is 72.3 Å². The highest BCUT2D eigenvalue weighted by Crippen LogP contribution is 2.28. The van der Waals surface area contributed by atoms with E-state index >= 15 is 0 Å². The molecule has 1 aromatic rings. The molecule has 0 aromatic heterocycles. The van der Waals surface area contributed by atoms with Crippen molar-refractivity contribution in [1.29, 1.82) is 0 Å². The number of aromatic hydroxyl groups is 1. The highest BCUT2D eigenvalue weighted by molar-refractivity contribution is 5.85. The van der Waals surface area contributed by atoms with E-state index in [0.717, 1.165) is 16.7 Å². The number of hydrogen-bond acceptors (Lipinski definition) is 3. The fourth-order valence-corrected chi connectivity index (χ4v) is 1.25. The maximum absolute atomic E-state index is 9.57. The first kappa shape index (κ1) is 15.8. The molecule has 0 saturated heterocycles. The summed E-state index contributed by atoms with van der Waals surface area (Å²) in [6, 6.07) is 1.75. The van der Waals surface area contributed by atoms with Crippen molar-refractivity contribution >= 4 is 30.5 Å². The SMILES string of the molecule is Cc1cc(N)c(C)c(CN)c1O.Cl.Cl. The Morgan fingerprint density at radius 3 is 2.21 bits per heavy atom. The van der Waals surface area contributed by atoms with Crippen molar-refractivity contribution in [1.82, 2.24) is 0 Å². The number of benzene rings is 1. The highest BCUT2D eigenvalue weighted by Gasteiger charge is 2.08. The van der Waals surface area contributed by atoms with E-state index in [-0.39, 0.29) is 30.6 Å². The van der Waals surface area contributed by atoms with E-state index in [0.29, 0.717) is 12.2 Å². The van der Waals surface area contributed by atoms with Gasteiger partial charge < -0.3 is 16.6 Å². The lowest BCUT2D eigenvalue weighted by Crippen LogP contribution is -2.03. The molecule has 3 nitrogen and oxygen atoms in total. The van der Waals surface area contributed by atoms with E-state index in [1.54, 1.807) is 6.07 Å². The van der Waals surface area contributed by atoms with E-state index in [1.165, 1.54) is 0 Å². The van der Waals surface area contributed by atoms with E-state index in [4.69, 9.17) is 11.5 Å². The van der Waals surface area contributed by atoms with Crippen molar-refractivity contribution in [2.75, 3.05) is 5.73 Å². The predicted molar refractivity (Wildman–Crippen MR) is 64.4 cm³/mol. The number of rotatable bonds is 1. The van der Waals surface area contributed by atoms with Crippen molar-refractivity contribution in [2.45, 2.75) is 20.4 Å². The lowest BCUT2D eigenvalue weighted by atomic mass is 10.0. The fourth-order valence-electron chi connectivity index (χ4n) is 1.25. The van der Waals surface area contributed by atoms with Crippen LogP contribution in [0.4, 0.5) is 5.69 Å². The summed E-state index contributed by atoms with van der Waals surface area (Å²) in [6.07, 6.45) is 0. The van der Waals surface area contributed by atoms with Crippen LogP contribution >= 0.6 is 24.8 Å². The van der Waals surface area contributed by atoms with Crippen molar-refractivity contribution in [3.8, 4) is 5.75 Å². The number of phenolic OH excluding ortho intramolecular Hbond substituents is 1. The van der Waals surface area contributed by atoms with E-state index in [2.05, 4.69) is 0 Å². The number of hydrogen-bond donors (Lipinski definition) is 3. The summed E-state index contributed by atoms with van der Waals surface area (Å²) in [7, 11) is 0. The maximum atomic E-state index is 9.57. The molecule has 0 heterocycles. The van der Waals surface area contributed by atoms with Crippen LogP contribution in [0, 0.1) is 13.8 Å². The second-order valence-corrected chi connectivity index (χ2v) is 2.94. The van der Waals surface area contributed by atoms with Crippen molar-refractivity contribution < 1.29 is 5.11 Å². The number of nitrogen functional groups attached to an aromatic ring is 1. The molecule has 5 N–H and O–H groups in total. The van der Waals surface area contributed by atoms with Gasteiger partial charge in [-0.25, -0.2) is 0 Å². The Hall–Kier alpha value is -0.640. The highest BCUT2D eigenvalue weighted by atomic mass is 35.5. The normalized spacial score (nSPS) is 8.79. The van der Waals surface area contributed by atoms with Gasteiger partial charge >= 0.3 is 0 Å². The van der Waals surface area contributed by atoms with Crippen LogP contribution in [0.3, 0.4) is 0 Å². The first-order valence-electron chi connectivity index (χ1n) is 3.85. The summed E-state index contributed by atoms with van der Waals surface area (Å²) in [6.45, 7) is 3.99. The maximum Gasteiger partial charge on any atom is 0.123 e. The van der Waals surface area contributed by atoms with Crippen LogP contribution in [0.25, 0.3) is 0 Å². The Labute approximate surface area is 96.3 Å². The third-order valence-electron chi connectivity index (χ3n) is 2.12. The largest absolute Gasteiger partial charge is 0.507 e. The third kappa shape index (κ3) is 2.67. The lowest BCUT2D eigenvalue weighted by Gasteiger charge is -2.11. The minimum absolute atomic E-state index is 0. The van der Waals surface area contributed by atoms with E-state index in [9.17, 15) is 5.11 Å². The molecule has 82 valence electrons. The van der Waals surface area contributed by atoms with Crippen LogP contribution in [0.1, 0.15) is 16.7 Å². The molecule has 0 fully saturated rings. The first-order valence-corrected chi connectivity index (χ1v) is 3.85. The summed E-state index contributed by atoms with van der Waals surface area (Å²) in [5, 5.41) is 9.57. The molecule has 1 aromatic carbocycles. The van der Waals surface area contributed by atoms with Gasteiger partial charge in [0.1, 0.15) is 5.75 Å². The predicted octanol–water partition coefficient (Wildman–Crippen LogP) is 1.89. The number of anilines is 1. The first-order chi connectivity index (χ1) is 5.57. The molecule has 5 heteroatoms. The van der Waals surface area contributed by atoms with Crippen molar-refractivity contribution in [2.24, 2.45) is 5.73 Å². The Kier molecular flexibility index (Phi) is 6.73. The molecule has 0 bridgehead atoms. The van der Waals surface area contributed by atoms with Gasteiger partial charge in [-0.2, -0.15) is 0 Å². The molecule has 14 heavy (non-hydrogen) atoms. The van der Waals surface area contributed by atoms with Crippen LogP contribution in [0.2, 0.25) is 0 Å². The molecule has 0 saturated carbocycles. The van der Waals surface area contributed by atoms with Crippen LogP contribution in [0.5, 0.6) is 5.75 Å². The van der Waals surface area contributed by atoms with Gasteiger partial charge in [0.25, 0.3) is 0 Å². The number of nitrogens with two attached hydrogens (primary N) is 2. The summed E-state index contributed by atoms with van der Waals surface area (Å²) < 4.78 is 0. The van der Waals surface area contributed by atoms with Gasteiger partial charge in [-0.15, -0.1) is 24.8 Å². The summed E-state index contributed by atoms with van der Waals surface area (Å²) >= 11 is 0. The molecule has 0 aliphatic heterocycles. The number of halogens is 2. The summed E-state index contributed by atoms with van der Waals surface area (Å²) in [5.74, 6) is 0.268. The molecular weight excluding hydrogens is 223 g/mol. The summed E-state index contributed by atoms with van der Waals surface area (Å²) in [4.78, 5) is 0. The molecule has 0 amide bonds. The van der Waals surface area contributed by atoms with Crippen LogP contribution in [-0.4, -0.2) is 5.11 Å². The Bertz CT molecular complexity index is 290. The molecule has 1 rings (SSSR count).